The summed E-state index contributed by atoms with van der Waals surface area (Å²) in [5.41, 5.74) is 1.89. The van der Waals surface area contributed by atoms with Crippen LogP contribution in [0.5, 0.6) is 11.5 Å². The molecule has 0 aromatic heterocycles. The van der Waals surface area contributed by atoms with Crippen molar-refractivity contribution in [1.82, 2.24) is 0 Å². The Morgan fingerprint density at radius 2 is 1.43 bits per heavy atom. The lowest BCUT2D eigenvalue weighted by atomic mass is 10.1. The number of ether oxygens (including phenoxy) is 1. The second kappa shape index (κ2) is 8.15. The number of aromatic hydroxyl groups is 1. The molecule has 28 heavy (non-hydrogen) atoms. The first-order valence-electron chi connectivity index (χ1n) is 9.91. The van der Waals surface area contributed by atoms with E-state index in [1.54, 1.807) is 7.11 Å². The summed E-state index contributed by atoms with van der Waals surface area (Å²) in [4.78, 5) is 1.23. The normalized spacial score (nSPS) is 12.9. The Labute approximate surface area is 176 Å². The number of hydrogen-bond acceptors (Lipinski definition) is 3. The summed E-state index contributed by atoms with van der Waals surface area (Å²) in [6, 6.07) is 12.8. The number of phenolic OH excluding ortho intramolecular Hbond substituents is 1. The monoisotopic (exact) mass is 416 g/mol. The first kappa shape index (κ1) is 22.9. The van der Waals surface area contributed by atoms with E-state index in [0.29, 0.717) is 5.75 Å². The highest BCUT2D eigenvalue weighted by Crippen LogP contribution is 2.53. The molecule has 0 amide bonds. The number of rotatable bonds is 5. The predicted octanol–water partition coefficient (Wildman–Crippen LogP) is 6.61. The Kier molecular flexibility index (Phi) is 6.67. The molecule has 0 aliphatic heterocycles. The number of methoxy groups -OCH3 is 1. The quantitative estimate of drug-likeness (QED) is 0.439. The third-order valence-electron chi connectivity index (χ3n) is 6.05. The van der Waals surface area contributed by atoms with Crippen molar-refractivity contribution < 1.29 is 9.84 Å². The second-order valence-electron chi connectivity index (χ2n) is 9.80. The molecule has 0 saturated carbocycles. The van der Waals surface area contributed by atoms with Gasteiger partial charge in [0.25, 0.3) is 0 Å². The Morgan fingerprint density at radius 1 is 0.929 bits per heavy atom. The van der Waals surface area contributed by atoms with Gasteiger partial charge in [-0.3, -0.25) is 0 Å². The van der Waals surface area contributed by atoms with E-state index in [9.17, 15) is 5.11 Å². The molecule has 4 heteroatoms. The van der Waals surface area contributed by atoms with Crippen molar-refractivity contribution in [3.8, 4) is 11.5 Å². The average Bonchev–Trinajstić information content (AvgIpc) is 2.58. The molecule has 0 fully saturated rings. The number of benzene rings is 2. The van der Waals surface area contributed by atoms with Crippen molar-refractivity contribution in [1.29, 1.82) is 0 Å². The third kappa shape index (κ3) is 4.13. The van der Waals surface area contributed by atoms with Crippen LogP contribution in [0.25, 0.3) is 0 Å². The lowest BCUT2D eigenvalue weighted by molar-refractivity contribution is 0.417. The van der Waals surface area contributed by atoms with Crippen LogP contribution in [0.3, 0.4) is 0 Å². The van der Waals surface area contributed by atoms with Crippen molar-refractivity contribution >= 4 is 25.0 Å². The molecule has 0 aliphatic carbocycles. The molecule has 2 rings (SSSR count). The number of hydrogen-bond donors (Lipinski definition) is 1. The molecule has 0 atom stereocenters. The van der Waals surface area contributed by atoms with E-state index < -0.39 is 8.07 Å². The van der Waals surface area contributed by atoms with Crippen LogP contribution in [-0.2, 0) is 0 Å². The average molecular weight is 417 g/mol. The smallest absolute Gasteiger partial charge is 0.121 e. The number of aryl methyl sites for hydroxylation is 2. The first-order valence-corrected chi connectivity index (χ1v) is 13.1. The minimum atomic E-state index is -2.10. The van der Waals surface area contributed by atoms with Gasteiger partial charge in [-0.2, -0.15) is 0 Å². The maximum absolute atomic E-state index is 10.1. The van der Waals surface area contributed by atoms with Gasteiger partial charge in [0.2, 0.25) is 0 Å². The maximum Gasteiger partial charge on any atom is 0.121 e. The van der Waals surface area contributed by atoms with Crippen LogP contribution in [0.2, 0.25) is 10.1 Å². The maximum atomic E-state index is 10.1. The fourth-order valence-electron chi connectivity index (χ4n) is 4.63. The van der Waals surface area contributed by atoms with Crippen LogP contribution in [0.4, 0.5) is 0 Å². The van der Waals surface area contributed by atoms with Gasteiger partial charge in [0, 0.05) is 4.90 Å². The molecule has 0 saturated heterocycles. The van der Waals surface area contributed by atoms with E-state index >= 15 is 0 Å². The third-order valence-corrected chi connectivity index (χ3v) is 15.4. The largest absolute Gasteiger partial charge is 0.507 e. The van der Waals surface area contributed by atoms with Gasteiger partial charge in [0.15, 0.2) is 0 Å². The highest BCUT2D eigenvalue weighted by Gasteiger charge is 2.55. The Morgan fingerprint density at radius 3 is 1.89 bits per heavy atom. The van der Waals surface area contributed by atoms with Crippen LogP contribution >= 0.6 is 11.8 Å². The molecule has 154 valence electrons. The zero-order valence-electron chi connectivity index (χ0n) is 18.9. The van der Waals surface area contributed by atoms with Crippen LogP contribution in [0.1, 0.15) is 52.7 Å². The highest BCUT2D eigenvalue weighted by atomic mass is 32.2. The molecule has 2 aromatic carbocycles. The standard InChI is InChI=1S/C24H36O2SSi/c1-17-14-19(15-18(2)22(17)25)27-16-28(23(3,4)5,24(6,7)8)21-13-11-10-12-20(21)26-9/h10-15,25H,16H2,1-9H3. The predicted molar refractivity (Wildman–Crippen MR) is 126 cm³/mol. The van der Waals surface area contributed by atoms with Crippen molar-refractivity contribution in [2.24, 2.45) is 0 Å². The molecule has 2 nitrogen and oxygen atoms in total. The number of para-hydroxylation sites is 1. The summed E-state index contributed by atoms with van der Waals surface area (Å²) in [6.45, 7) is 18.3. The van der Waals surface area contributed by atoms with Crippen LogP contribution in [0, 0.1) is 13.8 Å². The Hall–Kier alpha value is -1.39. The van der Waals surface area contributed by atoms with Gasteiger partial charge in [0.05, 0.1) is 7.11 Å². The van der Waals surface area contributed by atoms with E-state index in [2.05, 4.69) is 77.9 Å². The topological polar surface area (TPSA) is 29.5 Å². The summed E-state index contributed by atoms with van der Waals surface area (Å²) >= 11 is 1.93. The van der Waals surface area contributed by atoms with Gasteiger partial charge in [-0.15, -0.1) is 11.8 Å². The lowest BCUT2D eigenvalue weighted by Gasteiger charge is -2.52. The van der Waals surface area contributed by atoms with Gasteiger partial charge < -0.3 is 9.84 Å². The summed E-state index contributed by atoms with van der Waals surface area (Å²) in [5, 5.41) is 12.9. The zero-order valence-corrected chi connectivity index (χ0v) is 20.8. The van der Waals surface area contributed by atoms with Gasteiger partial charge in [-0.1, -0.05) is 59.7 Å². The minimum absolute atomic E-state index is 0.147. The van der Waals surface area contributed by atoms with E-state index in [4.69, 9.17) is 4.74 Å². The molecular weight excluding hydrogens is 380 g/mol. The van der Waals surface area contributed by atoms with Gasteiger partial charge >= 0.3 is 0 Å². The van der Waals surface area contributed by atoms with E-state index in [1.165, 1.54) is 10.1 Å². The minimum Gasteiger partial charge on any atom is -0.507 e. The first-order chi connectivity index (χ1) is 12.8. The van der Waals surface area contributed by atoms with Crippen LogP contribution < -0.4 is 9.92 Å². The van der Waals surface area contributed by atoms with Gasteiger partial charge in [-0.05, 0) is 63.8 Å². The molecule has 0 aliphatic rings. The van der Waals surface area contributed by atoms with Crippen molar-refractivity contribution in [3.63, 3.8) is 0 Å². The van der Waals surface area contributed by atoms with Crippen molar-refractivity contribution in [2.75, 3.05) is 12.5 Å². The Bertz CT molecular complexity index is 794. The van der Waals surface area contributed by atoms with E-state index in [0.717, 1.165) is 22.3 Å². The molecule has 0 spiro atoms. The summed E-state index contributed by atoms with van der Waals surface area (Å²) < 4.78 is 5.84. The molecule has 1 N–H and O–H groups in total. The molecular formula is C24H36O2SSi. The number of thioether (sulfide) groups is 1. The van der Waals surface area contributed by atoms with Gasteiger partial charge in [-0.25, -0.2) is 0 Å². The van der Waals surface area contributed by atoms with Crippen molar-refractivity contribution in [3.05, 3.63) is 47.5 Å². The fourth-order valence-corrected chi connectivity index (χ4v) is 15.6. The SMILES string of the molecule is COc1ccccc1[Si](CSc1cc(C)c(O)c(C)c1)(C(C)(C)C)C(C)(C)C. The molecule has 0 unspecified atom stereocenters. The Balaban J connectivity index is 2.62. The van der Waals surface area contributed by atoms with Crippen LogP contribution in [-0.4, -0.2) is 25.7 Å². The summed E-state index contributed by atoms with van der Waals surface area (Å²) in [5.74, 6) is 1.42. The van der Waals surface area contributed by atoms with Crippen LogP contribution in [0.15, 0.2) is 41.3 Å². The van der Waals surface area contributed by atoms with E-state index in [1.807, 2.05) is 25.6 Å². The van der Waals surface area contributed by atoms with E-state index in [-0.39, 0.29) is 10.1 Å². The molecule has 0 heterocycles. The van der Waals surface area contributed by atoms with Crippen molar-refractivity contribution in [2.45, 2.75) is 70.4 Å². The molecule has 0 bridgehead atoms. The second-order valence-corrected chi connectivity index (χ2v) is 17.1. The number of phenols is 1. The summed E-state index contributed by atoms with van der Waals surface area (Å²) in [6.07, 6.45) is 0. The van der Waals surface area contributed by atoms with Gasteiger partial charge in [0.1, 0.15) is 19.6 Å². The lowest BCUT2D eigenvalue weighted by Crippen LogP contribution is -2.64. The zero-order chi connectivity index (χ0) is 21.3. The molecule has 2 aromatic rings. The molecule has 0 radical (unpaired) electrons. The summed E-state index contributed by atoms with van der Waals surface area (Å²) in [7, 11) is -0.315. The fraction of sp³-hybridized carbons (Fsp3) is 0.500. The highest BCUT2D eigenvalue weighted by molar-refractivity contribution is 8.01.